The summed E-state index contributed by atoms with van der Waals surface area (Å²) in [7, 11) is 0. The van der Waals surface area contributed by atoms with Crippen molar-refractivity contribution in [2.45, 2.75) is 25.2 Å². The third-order valence-electron chi connectivity index (χ3n) is 3.26. The number of aromatic amines is 1. The van der Waals surface area contributed by atoms with Crippen LogP contribution in [-0.2, 0) is 6.42 Å². The van der Waals surface area contributed by atoms with Crippen molar-refractivity contribution in [1.82, 2.24) is 15.0 Å². The monoisotopic (exact) mass is 227 g/mol. The summed E-state index contributed by atoms with van der Waals surface area (Å²) < 4.78 is 0. The number of pyridine rings is 1. The zero-order valence-electron chi connectivity index (χ0n) is 9.39. The molecule has 0 aromatic carbocycles. The third-order valence-corrected chi connectivity index (χ3v) is 3.26. The molecule has 0 aliphatic heterocycles. The lowest BCUT2D eigenvalue weighted by atomic mass is 9.85. The van der Waals surface area contributed by atoms with Crippen molar-refractivity contribution in [1.29, 1.82) is 0 Å². The fourth-order valence-corrected chi connectivity index (χ4v) is 2.49. The Labute approximate surface area is 98.8 Å². The maximum atomic E-state index is 11.8. The van der Waals surface area contributed by atoms with Gasteiger partial charge in [0.25, 0.3) is 5.56 Å². The molecule has 1 aliphatic carbocycles. The zero-order chi connectivity index (χ0) is 11.7. The molecule has 0 fully saturated rings. The summed E-state index contributed by atoms with van der Waals surface area (Å²) in [5.41, 5.74) is 2.75. The number of nitrogens with zero attached hydrogens (tertiary/aromatic N) is 2. The first kappa shape index (κ1) is 10.2. The second-order valence-electron chi connectivity index (χ2n) is 4.30. The molecule has 86 valence electrons. The fourth-order valence-electron chi connectivity index (χ4n) is 2.49. The number of nitrogens with one attached hydrogen (secondary N) is 1. The van der Waals surface area contributed by atoms with Gasteiger partial charge in [0.2, 0.25) is 0 Å². The quantitative estimate of drug-likeness (QED) is 0.805. The normalized spacial score (nSPS) is 18.7. The predicted molar refractivity (Wildman–Crippen MR) is 63.9 cm³/mol. The number of fused-ring (bicyclic) bond motifs is 1. The summed E-state index contributed by atoms with van der Waals surface area (Å²) in [6.07, 6.45) is 8.06. The van der Waals surface area contributed by atoms with Gasteiger partial charge in [-0.1, -0.05) is 6.07 Å². The van der Waals surface area contributed by atoms with Crippen LogP contribution in [0.2, 0.25) is 0 Å². The molecular formula is C13H13N3O. The van der Waals surface area contributed by atoms with Gasteiger partial charge in [-0.05, 0) is 30.9 Å². The van der Waals surface area contributed by atoms with Gasteiger partial charge >= 0.3 is 0 Å². The number of hydrogen-bond acceptors (Lipinski definition) is 3. The molecule has 3 rings (SSSR count). The Morgan fingerprint density at radius 1 is 1.24 bits per heavy atom. The number of aromatic nitrogens is 3. The largest absolute Gasteiger partial charge is 0.326 e. The Morgan fingerprint density at radius 3 is 3.00 bits per heavy atom. The molecule has 0 radical (unpaired) electrons. The van der Waals surface area contributed by atoms with E-state index in [-0.39, 0.29) is 11.5 Å². The molecule has 17 heavy (non-hydrogen) atoms. The van der Waals surface area contributed by atoms with E-state index in [0.29, 0.717) is 5.69 Å². The van der Waals surface area contributed by atoms with Crippen LogP contribution >= 0.6 is 0 Å². The van der Waals surface area contributed by atoms with E-state index in [4.69, 9.17) is 0 Å². The molecule has 1 atom stereocenters. The average Bonchev–Trinajstić information content (AvgIpc) is 2.39. The highest BCUT2D eigenvalue weighted by Crippen LogP contribution is 2.32. The standard InChI is InChI=1S/C13H13N3O/c17-13-12(15-7-8-16-13)10-5-1-3-9-4-2-6-14-11(9)10/h2,4,6-8,10H,1,3,5H2,(H,16,17). The van der Waals surface area contributed by atoms with Crippen LogP contribution in [0.25, 0.3) is 0 Å². The Kier molecular flexibility index (Phi) is 2.48. The minimum atomic E-state index is -0.101. The number of H-pyrrole nitrogens is 1. The molecule has 0 saturated carbocycles. The third kappa shape index (κ3) is 1.75. The van der Waals surface area contributed by atoms with Gasteiger partial charge in [-0.25, -0.2) is 0 Å². The molecule has 4 heteroatoms. The highest BCUT2D eigenvalue weighted by Gasteiger charge is 2.25. The minimum absolute atomic E-state index is 0.0462. The van der Waals surface area contributed by atoms with Crippen LogP contribution in [0.1, 0.15) is 35.7 Å². The highest BCUT2D eigenvalue weighted by atomic mass is 16.1. The second kappa shape index (κ2) is 4.13. The molecule has 2 aromatic heterocycles. The van der Waals surface area contributed by atoms with Crippen molar-refractivity contribution < 1.29 is 0 Å². The first-order valence-corrected chi connectivity index (χ1v) is 5.83. The molecular weight excluding hydrogens is 214 g/mol. The van der Waals surface area contributed by atoms with Crippen LogP contribution in [0.15, 0.2) is 35.5 Å². The number of aryl methyl sites for hydroxylation is 1. The van der Waals surface area contributed by atoms with Crippen LogP contribution in [0.3, 0.4) is 0 Å². The van der Waals surface area contributed by atoms with Gasteiger partial charge in [0.05, 0.1) is 5.69 Å². The van der Waals surface area contributed by atoms with Crippen molar-refractivity contribution in [2.75, 3.05) is 0 Å². The molecule has 1 N–H and O–H groups in total. The van der Waals surface area contributed by atoms with Crippen LogP contribution < -0.4 is 5.56 Å². The van der Waals surface area contributed by atoms with Gasteiger partial charge < -0.3 is 4.98 Å². The maximum absolute atomic E-state index is 11.8. The Bertz CT molecular complexity index is 591. The summed E-state index contributed by atoms with van der Waals surface area (Å²) in [6.45, 7) is 0. The van der Waals surface area contributed by atoms with Crippen molar-refractivity contribution in [2.24, 2.45) is 0 Å². The van der Waals surface area contributed by atoms with E-state index in [2.05, 4.69) is 21.0 Å². The number of hydrogen-bond donors (Lipinski definition) is 1. The zero-order valence-corrected chi connectivity index (χ0v) is 9.39. The van der Waals surface area contributed by atoms with E-state index in [9.17, 15) is 4.79 Å². The molecule has 1 unspecified atom stereocenters. The molecule has 0 spiro atoms. The highest BCUT2D eigenvalue weighted by molar-refractivity contribution is 5.31. The Morgan fingerprint density at radius 2 is 2.12 bits per heavy atom. The first-order valence-electron chi connectivity index (χ1n) is 5.83. The summed E-state index contributed by atoms with van der Waals surface area (Å²) in [5, 5.41) is 0. The first-order chi connectivity index (χ1) is 8.36. The van der Waals surface area contributed by atoms with E-state index >= 15 is 0 Å². The maximum Gasteiger partial charge on any atom is 0.270 e. The molecule has 2 aromatic rings. The van der Waals surface area contributed by atoms with E-state index in [1.54, 1.807) is 18.6 Å². The van der Waals surface area contributed by atoms with Crippen molar-refractivity contribution in [3.8, 4) is 0 Å². The summed E-state index contributed by atoms with van der Waals surface area (Å²) in [6, 6.07) is 4.04. The fraction of sp³-hybridized carbons (Fsp3) is 0.308. The SMILES string of the molecule is O=c1[nH]ccnc1C1CCCc2cccnc21. The molecule has 0 bridgehead atoms. The van der Waals surface area contributed by atoms with Crippen LogP contribution in [0.4, 0.5) is 0 Å². The summed E-state index contributed by atoms with van der Waals surface area (Å²) in [5.74, 6) is 0.0462. The van der Waals surface area contributed by atoms with E-state index in [1.165, 1.54) is 5.56 Å². The van der Waals surface area contributed by atoms with Crippen molar-refractivity contribution in [3.05, 3.63) is 58.0 Å². The molecule has 2 heterocycles. The predicted octanol–water partition coefficient (Wildman–Crippen LogP) is 1.63. The smallest absolute Gasteiger partial charge is 0.270 e. The summed E-state index contributed by atoms with van der Waals surface area (Å²) in [4.78, 5) is 23.1. The van der Waals surface area contributed by atoms with Crippen LogP contribution in [0.5, 0.6) is 0 Å². The molecule has 4 nitrogen and oxygen atoms in total. The van der Waals surface area contributed by atoms with E-state index < -0.39 is 0 Å². The lowest BCUT2D eigenvalue weighted by Gasteiger charge is -2.22. The van der Waals surface area contributed by atoms with Crippen LogP contribution in [-0.4, -0.2) is 15.0 Å². The topological polar surface area (TPSA) is 58.6 Å². The Hall–Kier alpha value is -1.97. The van der Waals surface area contributed by atoms with Gasteiger partial charge in [-0.3, -0.25) is 14.8 Å². The molecule has 0 amide bonds. The van der Waals surface area contributed by atoms with Gasteiger partial charge in [0, 0.05) is 24.5 Å². The minimum Gasteiger partial charge on any atom is -0.326 e. The second-order valence-corrected chi connectivity index (χ2v) is 4.30. The van der Waals surface area contributed by atoms with E-state index in [1.807, 2.05) is 6.07 Å². The van der Waals surface area contributed by atoms with Gasteiger partial charge in [-0.2, -0.15) is 0 Å². The van der Waals surface area contributed by atoms with Crippen LogP contribution in [0, 0.1) is 0 Å². The van der Waals surface area contributed by atoms with Crippen molar-refractivity contribution in [3.63, 3.8) is 0 Å². The number of rotatable bonds is 1. The summed E-state index contributed by atoms with van der Waals surface area (Å²) >= 11 is 0. The molecule has 0 saturated heterocycles. The lowest BCUT2D eigenvalue weighted by molar-refractivity contribution is 0.582. The molecule has 1 aliphatic rings. The van der Waals surface area contributed by atoms with E-state index in [0.717, 1.165) is 25.0 Å². The average molecular weight is 227 g/mol. The Balaban J connectivity index is 2.13. The van der Waals surface area contributed by atoms with Gasteiger partial charge in [-0.15, -0.1) is 0 Å². The van der Waals surface area contributed by atoms with Gasteiger partial charge in [0.1, 0.15) is 5.69 Å². The lowest BCUT2D eigenvalue weighted by Crippen LogP contribution is -2.22. The van der Waals surface area contributed by atoms with Crippen molar-refractivity contribution >= 4 is 0 Å². The van der Waals surface area contributed by atoms with Gasteiger partial charge in [0.15, 0.2) is 0 Å².